The van der Waals surface area contributed by atoms with E-state index in [0.29, 0.717) is 30.5 Å². The highest BCUT2D eigenvalue weighted by molar-refractivity contribution is 6.30. The highest BCUT2D eigenvalue weighted by atomic mass is 35.5. The third kappa shape index (κ3) is 6.45. The van der Waals surface area contributed by atoms with Gasteiger partial charge < -0.3 is 19.7 Å². The summed E-state index contributed by atoms with van der Waals surface area (Å²) in [6.45, 7) is 5.69. The molecular formula is C21H27ClN2O3. The number of rotatable bonds is 9. The van der Waals surface area contributed by atoms with E-state index in [-0.39, 0.29) is 12.1 Å². The predicted molar refractivity (Wildman–Crippen MR) is 109 cm³/mol. The fourth-order valence-electron chi connectivity index (χ4n) is 2.72. The maximum absolute atomic E-state index is 12.0. The first-order valence-electron chi connectivity index (χ1n) is 9.19. The zero-order chi connectivity index (χ0) is 19.6. The van der Waals surface area contributed by atoms with Crippen molar-refractivity contribution in [3.8, 4) is 11.5 Å². The van der Waals surface area contributed by atoms with Gasteiger partial charge in [0.2, 0.25) is 0 Å². The number of nitrogens with one attached hydrogen (secondary N) is 1. The van der Waals surface area contributed by atoms with Crippen molar-refractivity contribution in [3.63, 3.8) is 0 Å². The molecule has 146 valence electrons. The maximum Gasteiger partial charge on any atom is 0.415 e. The minimum absolute atomic E-state index is 0.143. The van der Waals surface area contributed by atoms with Crippen LogP contribution in [0.15, 0.2) is 48.5 Å². The standard InChI is InChI=1S/C21H27ClN2O3/c1-4-24(5-2)21(25)27-19-10-6-16(7-11-19)20(23-3)14-15-26-18-12-8-17(22)9-13-18/h6-13,20,23H,4-5,14-15H2,1-3H3. The summed E-state index contributed by atoms with van der Waals surface area (Å²) in [5.74, 6) is 1.34. The number of benzene rings is 2. The minimum Gasteiger partial charge on any atom is -0.494 e. The molecule has 2 aromatic carbocycles. The highest BCUT2D eigenvalue weighted by Crippen LogP contribution is 2.22. The molecule has 6 heteroatoms. The quantitative estimate of drug-likeness (QED) is 0.660. The molecule has 0 aliphatic rings. The van der Waals surface area contributed by atoms with E-state index in [2.05, 4.69) is 5.32 Å². The lowest BCUT2D eigenvalue weighted by molar-refractivity contribution is 0.157. The van der Waals surface area contributed by atoms with Gasteiger partial charge in [0.1, 0.15) is 11.5 Å². The van der Waals surface area contributed by atoms with Gasteiger partial charge in [0.05, 0.1) is 6.61 Å². The van der Waals surface area contributed by atoms with Crippen LogP contribution in [0.2, 0.25) is 5.02 Å². The van der Waals surface area contributed by atoms with E-state index >= 15 is 0 Å². The third-order valence-electron chi connectivity index (χ3n) is 4.35. The average molecular weight is 391 g/mol. The molecule has 0 bridgehead atoms. The summed E-state index contributed by atoms with van der Waals surface area (Å²) in [4.78, 5) is 13.7. The van der Waals surface area contributed by atoms with E-state index in [0.717, 1.165) is 17.7 Å². The smallest absolute Gasteiger partial charge is 0.415 e. The molecule has 1 N–H and O–H groups in total. The van der Waals surface area contributed by atoms with E-state index in [1.165, 1.54) is 0 Å². The first-order chi connectivity index (χ1) is 13.1. The van der Waals surface area contributed by atoms with Crippen LogP contribution in [0.4, 0.5) is 4.79 Å². The van der Waals surface area contributed by atoms with E-state index < -0.39 is 0 Å². The molecule has 0 saturated carbocycles. The van der Waals surface area contributed by atoms with Gasteiger partial charge in [-0.3, -0.25) is 0 Å². The number of carbonyl (C=O) groups excluding carboxylic acids is 1. The molecule has 0 heterocycles. The second-order valence-corrected chi connectivity index (χ2v) is 6.48. The van der Waals surface area contributed by atoms with E-state index in [9.17, 15) is 4.79 Å². The predicted octanol–water partition coefficient (Wildman–Crippen LogP) is 4.91. The normalized spacial score (nSPS) is 11.7. The van der Waals surface area contributed by atoms with Crippen LogP contribution in [0, 0.1) is 0 Å². The van der Waals surface area contributed by atoms with Crippen LogP contribution in [0.5, 0.6) is 11.5 Å². The average Bonchev–Trinajstić information content (AvgIpc) is 2.68. The fraction of sp³-hybridized carbons (Fsp3) is 0.381. The first-order valence-corrected chi connectivity index (χ1v) is 9.57. The number of hydrogen-bond acceptors (Lipinski definition) is 4. The van der Waals surface area contributed by atoms with E-state index in [1.54, 1.807) is 4.90 Å². The minimum atomic E-state index is -0.325. The van der Waals surface area contributed by atoms with Crippen LogP contribution in [0.25, 0.3) is 0 Å². The van der Waals surface area contributed by atoms with Crippen molar-refractivity contribution in [1.82, 2.24) is 10.2 Å². The summed E-state index contributed by atoms with van der Waals surface area (Å²) in [6, 6.07) is 15.1. The Morgan fingerprint density at radius 1 is 1.04 bits per heavy atom. The van der Waals surface area contributed by atoms with Gasteiger partial charge in [-0.05, 0) is 62.9 Å². The zero-order valence-electron chi connectivity index (χ0n) is 16.1. The van der Waals surface area contributed by atoms with Crippen molar-refractivity contribution < 1.29 is 14.3 Å². The molecule has 2 rings (SSSR count). The summed E-state index contributed by atoms with van der Waals surface area (Å²) in [5.41, 5.74) is 1.11. The number of carbonyl (C=O) groups is 1. The Morgan fingerprint density at radius 3 is 2.19 bits per heavy atom. The second-order valence-electron chi connectivity index (χ2n) is 6.04. The van der Waals surface area contributed by atoms with Crippen molar-refractivity contribution in [2.45, 2.75) is 26.3 Å². The summed E-state index contributed by atoms with van der Waals surface area (Å²) >= 11 is 5.88. The summed E-state index contributed by atoms with van der Waals surface area (Å²) in [5, 5.41) is 3.99. The van der Waals surface area contributed by atoms with Crippen LogP contribution in [0.3, 0.4) is 0 Å². The number of halogens is 1. The number of hydrogen-bond donors (Lipinski definition) is 1. The van der Waals surface area contributed by atoms with Crippen LogP contribution in [-0.4, -0.2) is 37.7 Å². The number of nitrogens with zero attached hydrogens (tertiary/aromatic N) is 1. The van der Waals surface area contributed by atoms with Gasteiger partial charge in [-0.25, -0.2) is 4.79 Å². The Kier molecular flexibility index (Phi) is 8.43. The maximum atomic E-state index is 12.0. The molecule has 0 aliphatic carbocycles. The zero-order valence-corrected chi connectivity index (χ0v) is 16.8. The number of amides is 1. The Balaban J connectivity index is 1.89. The second kappa shape index (κ2) is 10.8. The molecule has 5 nitrogen and oxygen atoms in total. The van der Waals surface area contributed by atoms with Crippen LogP contribution in [0.1, 0.15) is 31.9 Å². The van der Waals surface area contributed by atoms with Crippen LogP contribution in [-0.2, 0) is 0 Å². The van der Waals surface area contributed by atoms with Gasteiger partial charge in [0.15, 0.2) is 0 Å². The lowest BCUT2D eigenvalue weighted by Gasteiger charge is -2.19. The number of ether oxygens (including phenoxy) is 2. The summed E-state index contributed by atoms with van der Waals surface area (Å²) in [7, 11) is 1.92. The largest absolute Gasteiger partial charge is 0.494 e. The first kappa shape index (κ1) is 21.1. The SMILES string of the molecule is CCN(CC)C(=O)Oc1ccc(C(CCOc2ccc(Cl)cc2)NC)cc1. The van der Waals surface area contributed by atoms with Crippen molar-refractivity contribution in [3.05, 3.63) is 59.1 Å². The van der Waals surface area contributed by atoms with Gasteiger partial charge in [-0.15, -0.1) is 0 Å². The van der Waals surface area contributed by atoms with Gasteiger partial charge in [0.25, 0.3) is 0 Å². The molecule has 0 aliphatic heterocycles. The summed E-state index contributed by atoms with van der Waals surface area (Å²) < 4.78 is 11.2. The van der Waals surface area contributed by atoms with E-state index in [1.807, 2.05) is 69.4 Å². The molecule has 2 aromatic rings. The van der Waals surface area contributed by atoms with Gasteiger partial charge >= 0.3 is 6.09 Å². The fourth-order valence-corrected chi connectivity index (χ4v) is 2.84. The Hall–Kier alpha value is -2.24. The van der Waals surface area contributed by atoms with Crippen molar-refractivity contribution in [1.29, 1.82) is 0 Å². The van der Waals surface area contributed by atoms with Crippen molar-refractivity contribution >= 4 is 17.7 Å². The van der Waals surface area contributed by atoms with Gasteiger partial charge in [-0.1, -0.05) is 23.7 Å². The lowest BCUT2D eigenvalue weighted by atomic mass is 10.0. The van der Waals surface area contributed by atoms with Crippen LogP contribution >= 0.6 is 11.6 Å². The van der Waals surface area contributed by atoms with E-state index in [4.69, 9.17) is 21.1 Å². The molecular weight excluding hydrogens is 364 g/mol. The molecule has 1 atom stereocenters. The van der Waals surface area contributed by atoms with Gasteiger partial charge in [-0.2, -0.15) is 0 Å². The van der Waals surface area contributed by atoms with Crippen molar-refractivity contribution in [2.75, 3.05) is 26.7 Å². The Morgan fingerprint density at radius 2 is 1.63 bits per heavy atom. The molecule has 0 spiro atoms. The Bertz CT molecular complexity index is 700. The molecule has 1 unspecified atom stereocenters. The van der Waals surface area contributed by atoms with Crippen molar-refractivity contribution in [2.24, 2.45) is 0 Å². The lowest BCUT2D eigenvalue weighted by Crippen LogP contribution is -2.33. The molecule has 27 heavy (non-hydrogen) atoms. The van der Waals surface area contributed by atoms with Crippen LogP contribution < -0.4 is 14.8 Å². The topological polar surface area (TPSA) is 50.8 Å². The molecule has 1 amide bonds. The summed E-state index contributed by atoms with van der Waals surface area (Å²) in [6.07, 6.45) is 0.479. The Labute approximate surface area is 166 Å². The molecule has 0 aromatic heterocycles. The monoisotopic (exact) mass is 390 g/mol. The third-order valence-corrected chi connectivity index (χ3v) is 4.60. The molecule has 0 fully saturated rings. The molecule has 0 radical (unpaired) electrons. The van der Waals surface area contributed by atoms with Gasteiger partial charge in [0, 0.05) is 30.6 Å². The highest BCUT2D eigenvalue weighted by Gasteiger charge is 2.13. The molecule has 0 saturated heterocycles.